The second kappa shape index (κ2) is 6.73. The van der Waals surface area contributed by atoms with Gasteiger partial charge in [0.15, 0.2) is 5.16 Å². The Bertz CT molecular complexity index is 745. The SMILES string of the molecule is Clc1ccc(OCCSc2nc3ccc(Br)cc3[nH]2)cc1. The predicted octanol–water partition coefficient (Wildman–Crippen LogP) is 5.15. The van der Waals surface area contributed by atoms with E-state index in [1.165, 1.54) is 0 Å². The fraction of sp³-hybridized carbons (Fsp3) is 0.133. The normalized spacial score (nSPS) is 11.0. The molecular formula is C15H12BrClN2OS. The van der Waals surface area contributed by atoms with Gasteiger partial charge in [0.1, 0.15) is 5.75 Å². The summed E-state index contributed by atoms with van der Waals surface area (Å²) in [6.45, 7) is 0.618. The fourth-order valence-corrected chi connectivity index (χ4v) is 3.05. The van der Waals surface area contributed by atoms with Crippen LogP contribution in [-0.4, -0.2) is 22.3 Å². The minimum Gasteiger partial charge on any atom is -0.493 e. The molecule has 108 valence electrons. The van der Waals surface area contributed by atoms with E-state index in [2.05, 4.69) is 25.9 Å². The third-order valence-corrected chi connectivity index (χ3v) is 4.41. The van der Waals surface area contributed by atoms with Crippen LogP contribution in [0.4, 0.5) is 0 Å². The maximum Gasteiger partial charge on any atom is 0.166 e. The number of thioether (sulfide) groups is 1. The monoisotopic (exact) mass is 382 g/mol. The van der Waals surface area contributed by atoms with Crippen LogP contribution in [0.1, 0.15) is 0 Å². The van der Waals surface area contributed by atoms with Gasteiger partial charge in [0, 0.05) is 15.2 Å². The summed E-state index contributed by atoms with van der Waals surface area (Å²) in [6, 6.07) is 13.4. The first-order valence-corrected chi connectivity index (χ1v) is 8.53. The van der Waals surface area contributed by atoms with Crippen LogP contribution in [0.3, 0.4) is 0 Å². The van der Waals surface area contributed by atoms with E-state index >= 15 is 0 Å². The van der Waals surface area contributed by atoms with Crippen LogP contribution in [0.2, 0.25) is 5.02 Å². The van der Waals surface area contributed by atoms with Gasteiger partial charge >= 0.3 is 0 Å². The van der Waals surface area contributed by atoms with Crippen molar-refractivity contribution in [2.24, 2.45) is 0 Å². The minimum absolute atomic E-state index is 0.618. The lowest BCUT2D eigenvalue weighted by Crippen LogP contribution is -2.00. The highest BCUT2D eigenvalue weighted by Gasteiger charge is 2.04. The molecule has 0 radical (unpaired) electrons. The number of imidazole rings is 1. The second-order valence-electron chi connectivity index (χ2n) is 4.35. The average molecular weight is 384 g/mol. The lowest BCUT2D eigenvalue weighted by atomic mass is 10.3. The van der Waals surface area contributed by atoms with E-state index in [-0.39, 0.29) is 0 Å². The highest BCUT2D eigenvalue weighted by Crippen LogP contribution is 2.22. The molecule has 0 unspecified atom stereocenters. The van der Waals surface area contributed by atoms with Gasteiger partial charge in [0.05, 0.1) is 17.6 Å². The van der Waals surface area contributed by atoms with Crippen LogP contribution in [-0.2, 0) is 0 Å². The summed E-state index contributed by atoms with van der Waals surface area (Å²) in [5, 5.41) is 1.62. The Labute approximate surface area is 140 Å². The number of aromatic nitrogens is 2. The number of halogens is 2. The van der Waals surface area contributed by atoms with Gasteiger partial charge in [-0.05, 0) is 42.5 Å². The van der Waals surface area contributed by atoms with E-state index in [4.69, 9.17) is 16.3 Å². The first-order valence-electron chi connectivity index (χ1n) is 6.37. The third kappa shape index (κ3) is 3.93. The zero-order valence-corrected chi connectivity index (χ0v) is 14.1. The number of aromatic amines is 1. The van der Waals surface area contributed by atoms with Crippen LogP contribution in [0, 0.1) is 0 Å². The van der Waals surface area contributed by atoms with Crippen LogP contribution >= 0.6 is 39.3 Å². The van der Waals surface area contributed by atoms with Crippen LogP contribution in [0.25, 0.3) is 11.0 Å². The van der Waals surface area contributed by atoms with Crippen LogP contribution in [0.15, 0.2) is 52.1 Å². The number of fused-ring (bicyclic) bond motifs is 1. The summed E-state index contributed by atoms with van der Waals surface area (Å²) in [5.41, 5.74) is 2.00. The summed E-state index contributed by atoms with van der Waals surface area (Å²) in [5.74, 6) is 1.65. The molecule has 0 aliphatic carbocycles. The fourth-order valence-electron chi connectivity index (χ4n) is 1.86. The zero-order chi connectivity index (χ0) is 14.7. The summed E-state index contributed by atoms with van der Waals surface area (Å²) >= 11 is 10.9. The molecule has 0 amide bonds. The molecule has 0 bridgehead atoms. The summed E-state index contributed by atoms with van der Waals surface area (Å²) in [7, 11) is 0. The molecule has 1 N–H and O–H groups in total. The van der Waals surface area contributed by atoms with Crippen molar-refractivity contribution in [2.75, 3.05) is 12.4 Å². The molecule has 0 atom stereocenters. The topological polar surface area (TPSA) is 37.9 Å². The van der Waals surface area contributed by atoms with Crippen molar-refractivity contribution in [2.45, 2.75) is 5.16 Å². The van der Waals surface area contributed by atoms with E-state index in [0.29, 0.717) is 11.6 Å². The van der Waals surface area contributed by atoms with E-state index in [9.17, 15) is 0 Å². The number of hydrogen-bond donors (Lipinski definition) is 1. The van der Waals surface area contributed by atoms with Gasteiger partial charge in [0.2, 0.25) is 0 Å². The average Bonchev–Trinajstić information content (AvgIpc) is 2.87. The molecule has 21 heavy (non-hydrogen) atoms. The Morgan fingerprint density at radius 3 is 2.81 bits per heavy atom. The van der Waals surface area contributed by atoms with Crippen molar-refractivity contribution >= 4 is 50.3 Å². The maximum atomic E-state index is 5.83. The maximum absolute atomic E-state index is 5.83. The first kappa shape index (κ1) is 14.8. The van der Waals surface area contributed by atoms with E-state index in [0.717, 1.165) is 32.2 Å². The molecule has 0 aliphatic rings. The number of nitrogens with one attached hydrogen (secondary N) is 1. The smallest absolute Gasteiger partial charge is 0.166 e. The number of nitrogens with zero attached hydrogens (tertiary/aromatic N) is 1. The number of hydrogen-bond acceptors (Lipinski definition) is 3. The van der Waals surface area contributed by atoms with Crippen molar-refractivity contribution in [3.63, 3.8) is 0 Å². The molecule has 0 spiro atoms. The van der Waals surface area contributed by atoms with Gasteiger partial charge in [-0.25, -0.2) is 4.98 Å². The zero-order valence-electron chi connectivity index (χ0n) is 11.0. The number of ether oxygens (including phenoxy) is 1. The third-order valence-electron chi connectivity index (χ3n) is 2.83. The van der Waals surface area contributed by atoms with Gasteiger partial charge in [-0.1, -0.05) is 39.3 Å². The molecule has 0 fully saturated rings. The van der Waals surface area contributed by atoms with Gasteiger partial charge < -0.3 is 9.72 Å². The van der Waals surface area contributed by atoms with Gasteiger partial charge in [-0.15, -0.1) is 0 Å². The largest absolute Gasteiger partial charge is 0.493 e. The summed E-state index contributed by atoms with van der Waals surface area (Å²) in [6.07, 6.45) is 0. The molecule has 6 heteroatoms. The Morgan fingerprint density at radius 2 is 2.00 bits per heavy atom. The minimum atomic E-state index is 0.618. The molecule has 3 nitrogen and oxygen atoms in total. The molecular weight excluding hydrogens is 372 g/mol. The molecule has 0 saturated carbocycles. The quantitative estimate of drug-likeness (QED) is 0.489. The molecule has 2 aromatic carbocycles. The highest BCUT2D eigenvalue weighted by molar-refractivity contribution is 9.10. The predicted molar refractivity (Wildman–Crippen MR) is 91.5 cm³/mol. The molecule has 1 heterocycles. The Hall–Kier alpha value is -1.17. The van der Waals surface area contributed by atoms with Gasteiger partial charge in [0.25, 0.3) is 0 Å². The van der Waals surface area contributed by atoms with E-state index in [1.54, 1.807) is 11.8 Å². The Kier molecular flexibility index (Phi) is 4.73. The number of benzene rings is 2. The van der Waals surface area contributed by atoms with Crippen LogP contribution < -0.4 is 4.74 Å². The Morgan fingerprint density at radius 1 is 1.19 bits per heavy atom. The van der Waals surface area contributed by atoms with Gasteiger partial charge in [-0.2, -0.15) is 0 Å². The van der Waals surface area contributed by atoms with Crippen LogP contribution in [0.5, 0.6) is 5.75 Å². The van der Waals surface area contributed by atoms with Crippen molar-refractivity contribution in [1.82, 2.24) is 9.97 Å². The van der Waals surface area contributed by atoms with Crippen molar-refractivity contribution < 1.29 is 4.74 Å². The van der Waals surface area contributed by atoms with Crippen molar-refractivity contribution in [3.8, 4) is 5.75 Å². The van der Waals surface area contributed by atoms with Gasteiger partial charge in [-0.3, -0.25) is 0 Å². The summed E-state index contributed by atoms with van der Waals surface area (Å²) in [4.78, 5) is 7.81. The number of H-pyrrole nitrogens is 1. The standard InChI is InChI=1S/C15H12BrClN2OS/c16-10-1-6-13-14(9-10)19-15(18-13)21-8-7-20-12-4-2-11(17)3-5-12/h1-6,9H,7-8H2,(H,18,19). The number of rotatable bonds is 5. The molecule has 3 rings (SSSR count). The molecule has 1 aromatic heterocycles. The molecule has 0 saturated heterocycles. The lowest BCUT2D eigenvalue weighted by molar-refractivity contribution is 0.344. The van der Waals surface area contributed by atoms with E-state index < -0.39 is 0 Å². The lowest BCUT2D eigenvalue weighted by Gasteiger charge is -2.04. The first-order chi connectivity index (χ1) is 10.2. The second-order valence-corrected chi connectivity index (χ2v) is 6.79. The Balaban J connectivity index is 1.53. The van der Waals surface area contributed by atoms with Crippen molar-refractivity contribution in [3.05, 3.63) is 52.0 Å². The highest BCUT2D eigenvalue weighted by atomic mass is 79.9. The van der Waals surface area contributed by atoms with Crippen molar-refractivity contribution in [1.29, 1.82) is 0 Å². The molecule has 3 aromatic rings. The molecule has 0 aliphatic heterocycles. The van der Waals surface area contributed by atoms with E-state index in [1.807, 2.05) is 42.5 Å². The summed E-state index contributed by atoms with van der Waals surface area (Å²) < 4.78 is 6.69.